The largest absolute Gasteiger partial charge is 0.481 e. The first-order chi connectivity index (χ1) is 18.8. The summed E-state index contributed by atoms with van der Waals surface area (Å²) in [6.07, 6.45) is 1.26. The topological polar surface area (TPSA) is 168 Å². The molecule has 0 fully saturated rings. The Labute approximate surface area is 227 Å². The van der Waals surface area contributed by atoms with Crippen LogP contribution in [0.2, 0.25) is 5.02 Å². The van der Waals surface area contributed by atoms with Crippen molar-refractivity contribution in [1.29, 1.82) is 0 Å². The third-order valence-electron chi connectivity index (χ3n) is 5.49. The first-order valence-electron chi connectivity index (χ1n) is 11.6. The Kier molecular flexibility index (Phi) is 8.59. The molecule has 0 saturated heterocycles. The highest BCUT2D eigenvalue weighted by Crippen LogP contribution is 2.23. The molecule has 0 saturated carbocycles. The molecule has 4 rings (SSSR count). The molecule has 1 aromatic heterocycles. The van der Waals surface area contributed by atoms with Crippen LogP contribution in [0.4, 0.5) is 11.4 Å². The number of hydrogen-bond donors (Lipinski definition) is 4. The van der Waals surface area contributed by atoms with E-state index >= 15 is 0 Å². The maximum absolute atomic E-state index is 13.2. The molecule has 0 radical (unpaired) electrons. The predicted octanol–water partition coefficient (Wildman–Crippen LogP) is 2.25. The number of carboxylic acid groups (broad SMARTS) is 1. The summed E-state index contributed by atoms with van der Waals surface area (Å²) in [5.41, 5.74) is 2.27. The van der Waals surface area contributed by atoms with Crippen molar-refractivity contribution in [3.8, 4) is 5.69 Å². The molecule has 3 aromatic carbocycles. The van der Waals surface area contributed by atoms with E-state index in [-0.39, 0.29) is 18.5 Å². The molecular formula is C26H22ClN7O5. The molecule has 4 N–H and O–H groups in total. The van der Waals surface area contributed by atoms with Gasteiger partial charge in [-0.3, -0.25) is 19.2 Å². The lowest BCUT2D eigenvalue weighted by Crippen LogP contribution is -2.49. The number of carbonyl (C=O) groups excluding carboxylic acids is 3. The molecule has 0 aliphatic rings. The summed E-state index contributed by atoms with van der Waals surface area (Å²) in [5, 5.41) is 27.8. The number of aliphatic carboxylic acids is 1. The summed E-state index contributed by atoms with van der Waals surface area (Å²) in [4.78, 5) is 49.8. The van der Waals surface area contributed by atoms with Crippen molar-refractivity contribution >= 4 is 46.7 Å². The Bertz CT molecular complexity index is 1480. The lowest BCUT2D eigenvalue weighted by Gasteiger charge is -2.19. The van der Waals surface area contributed by atoms with Crippen molar-refractivity contribution in [3.63, 3.8) is 0 Å². The Morgan fingerprint density at radius 2 is 1.64 bits per heavy atom. The van der Waals surface area contributed by atoms with Gasteiger partial charge in [-0.15, -0.1) is 5.10 Å². The van der Waals surface area contributed by atoms with Crippen molar-refractivity contribution in [2.75, 3.05) is 10.6 Å². The van der Waals surface area contributed by atoms with Gasteiger partial charge in [-0.2, -0.15) is 4.68 Å². The molecule has 0 spiro atoms. The average molecular weight is 548 g/mol. The highest BCUT2D eigenvalue weighted by molar-refractivity contribution is 6.40. The van der Waals surface area contributed by atoms with Crippen LogP contribution in [0.5, 0.6) is 0 Å². The van der Waals surface area contributed by atoms with Crippen LogP contribution in [-0.4, -0.2) is 55.0 Å². The molecule has 0 aliphatic carbocycles. The second-order valence-corrected chi connectivity index (χ2v) is 8.78. The number of carbonyl (C=O) groups is 4. The van der Waals surface area contributed by atoms with Crippen LogP contribution < -0.4 is 16.0 Å². The molecule has 12 nitrogen and oxygen atoms in total. The van der Waals surface area contributed by atoms with E-state index in [1.54, 1.807) is 60.7 Å². The van der Waals surface area contributed by atoms with Crippen LogP contribution in [0.15, 0.2) is 79.1 Å². The Morgan fingerprint density at radius 3 is 2.31 bits per heavy atom. The number of nitrogens with one attached hydrogen (secondary N) is 3. The van der Waals surface area contributed by atoms with Gasteiger partial charge in [0.2, 0.25) is 5.91 Å². The van der Waals surface area contributed by atoms with E-state index in [1.165, 1.54) is 17.1 Å². The summed E-state index contributed by atoms with van der Waals surface area (Å²) in [6, 6.07) is 18.7. The SMILES string of the molecule is O=C(O)Cc1ccc(NC(=O)C(Cc2ccccc2)NC(=O)C(=O)Nc2cc(Cl)ccc2-n2cnnn2)cc1. The highest BCUT2D eigenvalue weighted by Gasteiger charge is 2.26. The number of tetrazole rings is 1. The monoisotopic (exact) mass is 547 g/mol. The minimum atomic E-state index is -1.11. The summed E-state index contributed by atoms with van der Waals surface area (Å²) in [7, 11) is 0. The van der Waals surface area contributed by atoms with E-state index in [0.29, 0.717) is 22.0 Å². The maximum atomic E-state index is 13.2. The third-order valence-corrected chi connectivity index (χ3v) is 5.73. The fraction of sp³-hybridized carbons (Fsp3) is 0.115. The Hall–Kier alpha value is -5.10. The van der Waals surface area contributed by atoms with Crippen LogP contribution in [0.25, 0.3) is 5.69 Å². The first kappa shape index (κ1) is 26.9. The molecule has 1 heterocycles. The van der Waals surface area contributed by atoms with Gasteiger partial charge >= 0.3 is 17.8 Å². The van der Waals surface area contributed by atoms with Crippen LogP contribution >= 0.6 is 11.6 Å². The van der Waals surface area contributed by atoms with Gasteiger partial charge in [0, 0.05) is 17.1 Å². The van der Waals surface area contributed by atoms with E-state index in [1.807, 2.05) is 6.07 Å². The predicted molar refractivity (Wildman–Crippen MR) is 141 cm³/mol. The number of hydrogen-bond acceptors (Lipinski definition) is 7. The number of benzene rings is 3. The van der Waals surface area contributed by atoms with E-state index in [9.17, 15) is 19.2 Å². The van der Waals surface area contributed by atoms with Crippen molar-refractivity contribution < 1.29 is 24.3 Å². The highest BCUT2D eigenvalue weighted by atomic mass is 35.5. The Balaban J connectivity index is 1.49. The summed E-state index contributed by atoms with van der Waals surface area (Å²) in [6.45, 7) is 0. The van der Waals surface area contributed by atoms with Crippen LogP contribution in [0.1, 0.15) is 11.1 Å². The van der Waals surface area contributed by atoms with Gasteiger partial charge in [0.1, 0.15) is 12.4 Å². The second kappa shape index (κ2) is 12.4. The number of anilines is 2. The molecule has 4 aromatic rings. The second-order valence-electron chi connectivity index (χ2n) is 8.34. The maximum Gasteiger partial charge on any atom is 0.313 e. The van der Waals surface area contributed by atoms with Crippen molar-refractivity contribution in [3.05, 3.63) is 95.3 Å². The number of amides is 3. The van der Waals surface area contributed by atoms with E-state index in [2.05, 4.69) is 31.5 Å². The van der Waals surface area contributed by atoms with Gasteiger partial charge < -0.3 is 21.1 Å². The standard InChI is InChI=1S/C26H22ClN7O5/c27-18-8-11-22(34-15-28-32-33-34)20(14-18)30-25(38)26(39)31-21(12-16-4-2-1-3-5-16)24(37)29-19-9-6-17(7-10-19)13-23(35)36/h1-11,14-15,21H,12-13H2,(H,29,37)(H,30,38)(H,31,39)(H,35,36). The molecule has 13 heteroatoms. The van der Waals surface area contributed by atoms with Crippen LogP contribution in [-0.2, 0) is 32.0 Å². The number of carboxylic acids is 1. The number of nitrogens with zero attached hydrogens (tertiary/aromatic N) is 4. The van der Waals surface area contributed by atoms with Crippen molar-refractivity contribution in [2.24, 2.45) is 0 Å². The van der Waals surface area contributed by atoms with Gasteiger partial charge in [0.15, 0.2) is 0 Å². The van der Waals surface area contributed by atoms with Gasteiger partial charge in [-0.05, 0) is 51.9 Å². The van der Waals surface area contributed by atoms with Gasteiger partial charge in [-0.25, -0.2) is 0 Å². The fourth-order valence-electron chi connectivity index (χ4n) is 3.65. The summed E-state index contributed by atoms with van der Waals surface area (Å²) >= 11 is 6.07. The molecule has 39 heavy (non-hydrogen) atoms. The average Bonchev–Trinajstić information content (AvgIpc) is 3.44. The minimum absolute atomic E-state index is 0.107. The smallest absolute Gasteiger partial charge is 0.313 e. The zero-order valence-corrected chi connectivity index (χ0v) is 21.0. The summed E-state index contributed by atoms with van der Waals surface area (Å²) in [5.74, 6) is -3.62. The fourth-order valence-corrected chi connectivity index (χ4v) is 3.82. The lowest BCUT2D eigenvalue weighted by atomic mass is 10.0. The molecular weight excluding hydrogens is 526 g/mol. The van der Waals surface area contributed by atoms with E-state index in [0.717, 1.165) is 5.56 Å². The quantitative estimate of drug-likeness (QED) is 0.231. The van der Waals surface area contributed by atoms with Gasteiger partial charge in [-0.1, -0.05) is 54.1 Å². The summed E-state index contributed by atoms with van der Waals surface area (Å²) < 4.78 is 1.29. The Morgan fingerprint density at radius 1 is 0.897 bits per heavy atom. The van der Waals surface area contributed by atoms with E-state index in [4.69, 9.17) is 16.7 Å². The molecule has 198 valence electrons. The lowest BCUT2D eigenvalue weighted by molar-refractivity contribution is -0.137. The van der Waals surface area contributed by atoms with Gasteiger partial charge in [0.25, 0.3) is 0 Å². The molecule has 0 aliphatic heterocycles. The van der Waals surface area contributed by atoms with Crippen LogP contribution in [0.3, 0.4) is 0 Å². The molecule has 0 bridgehead atoms. The number of halogens is 1. The normalized spacial score (nSPS) is 11.3. The zero-order valence-electron chi connectivity index (χ0n) is 20.2. The van der Waals surface area contributed by atoms with Crippen molar-refractivity contribution in [1.82, 2.24) is 25.5 Å². The van der Waals surface area contributed by atoms with E-state index < -0.39 is 29.7 Å². The molecule has 1 unspecified atom stereocenters. The zero-order chi connectivity index (χ0) is 27.8. The number of aromatic nitrogens is 4. The molecule has 3 amide bonds. The third kappa shape index (κ3) is 7.46. The molecule has 1 atom stereocenters. The first-order valence-corrected chi connectivity index (χ1v) is 12.0. The number of rotatable bonds is 9. The van der Waals surface area contributed by atoms with Crippen molar-refractivity contribution in [2.45, 2.75) is 18.9 Å². The van der Waals surface area contributed by atoms with Gasteiger partial charge in [0.05, 0.1) is 17.8 Å². The minimum Gasteiger partial charge on any atom is -0.481 e. The van der Waals surface area contributed by atoms with Crippen LogP contribution in [0, 0.1) is 0 Å².